The molecule has 6 heteroatoms. The van der Waals surface area contributed by atoms with Crippen molar-refractivity contribution in [3.8, 4) is 23.1 Å². The topological polar surface area (TPSA) is 61.7 Å². The molecule has 0 aliphatic heterocycles. The predicted octanol–water partition coefficient (Wildman–Crippen LogP) is 3.06. The van der Waals surface area contributed by atoms with Gasteiger partial charge in [0.1, 0.15) is 17.6 Å². The van der Waals surface area contributed by atoms with E-state index in [0.717, 1.165) is 0 Å². The monoisotopic (exact) mass is 265 g/mol. The molecule has 92 valence electrons. The fraction of sp³-hybridized carbons (Fsp3) is 0.167. The molecule has 0 aliphatic carbocycles. The van der Waals surface area contributed by atoms with E-state index in [2.05, 4.69) is 10.2 Å². The van der Waals surface area contributed by atoms with Gasteiger partial charge in [0, 0.05) is 11.1 Å². The van der Waals surface area contributed by atoms with Crippen LogP contribution in [0.1, 0.15) is 11.3 Å². The van der Waals surface area contributed by atoms with Crippen LogP contribution in [0.4, 0.5) is 4.39 Å². The zero-order valence-corrected chi connectivity index (χ0v) is 10.5. The van der Waals surface area contributed by atoms with Crippen LogP contribution in [0.3, 0.4) is 0 Å². The van der Waals surface area contributed by atoms with Crippen LogP contribution in [-0.4, -0.2) is 17.3 Å². The molecule has 4 nitrogen and oxygen atoms in total. The van der Waals surface area contributed by atoms with Crippen molar-refractivity contribution in [1.29, 1.82) is 5.26 Å². The van der Waals surface area contributed by atoms with Crippen LogP contribution in [0, 0.1) is 24.1 Å². The molecule has 0 bridgehead atoms. The zero-order valence-electron chi connectivity index (χ0n) is 9.71. The zero-order chi connectivity index (χ0) is 13.3. The van der Waals surface area contributed by atoms with Gasteiger partial charge in [0.15, 0.2) is 5.69 Å². The van der Waals surface area contributed by atoms with Crippen molar-refractivity contribution in [2.24, 2.45) is 0 Å². The highest BCUT2D eigenvalue weighted by Crippen LogP contribution is 2.33. The summed E-state index contributed by atoms with van der Waals surface area (Å²) < 4.78 is 18.9. The van der Waals surface area contributed by atoms with Crippen LogP contribution in [0.5, 0.6) is 5.75 Å². The molecule has 0 unspecified atom stereocenters. The number of nitrogens with zero attached hydrogens (tertiary/aromatic N) is 2. The number of H-pyrrole nitrogens is 1. The Labute approximate surface area is 108 Å². The number of hydrogen-bond acceptors (Lipinski definition) is 3. The maximum atomic E-state index is 13.9. The lowest BCUT2D eigenvalue weighted by Crippen LogP contribution is -1.91. The van der Waals surface area contributed by atoms with E-state index < -0.39 is 5.82 Å². The second kappa shape index (κ2) is 4.67. The molecular weight excluding hydrogens is 257 g/mol. The third kappa shape index (κ3) is 1.91. The number of rotatable bonds is 2. The lowest BCUT2D eigenvalue weighted by Gasteiger charge is -2.07. The minimum absolute atomic E-state index is 0.191. The average molecular weight is 266 g/mol. The van der Waals surface area contributed by atoms with Crippen LogP contribution in [-0.2, 0) is 0 Å². The molecule has 2 aromatic rings. The normalized spacial score (nSPS) is 10.2. The van der Waals surface area contributed by atoms with E-state index in [-0.39, 0.29) is 16.3 Å². The third-order valence-corrected chi connectivity index (χ3v) is 2.92. The molecule has 1 aromatic carbocycles. The number of nitriles is 1. The third-order valence-electron chi connectivity index (χ3n) is 2.63. The number of aromatic amines is 1. The molecule has 0 spiro atoms. The lowest BCUT2D eigenvalue weighted by atomic mass is 10.1. The lowest BCUT2D eigenvalue weighted by molar-refractivity contribution is 0.414. The van der Waals surface area contributed by atoms with Gasteiger partial charge in [0.05, 0.1) is 17.8 Å². The first-order valence-electron chi connectivity index (χ1n) is 5.07. The molecular formula is C12H9ClFN3O. The van der Waals surface area contributed by atoms with Crippen LogP contribution >= 0.6 is 11.6 Å². The molecule has 0 saturated heterocycles. The van der Waals surface area contributed by atoms with Crippen molar-refractivity contribution in [1.82, 2.24) is 10.2 Å². The minimum Gasteiger partial charge on any atom is -0.495 e. The van der Waals surface area contributed by atoms with E-state index >= 15 is 0 Å². The first kappa shape index (κ1) is 12.4. The Morgan fingerprint density at radius 2 is 2.22 bits per heavy atom. The Kier molecular flexibility index (Phi) is 3.21. The van der Waals surface area contributed by atoms with Gasteiger partial charge < -0.3 is 4.74 Å². The predicted molar refractivity (Wildman–Crippen MR) is 65.0 cm³/mol. The number of nitrogens with one attached hydrogen (secondary N) is 1. The van der Waals surface area contributed by atoms with E-state index in [1.165, 1.54) is 19.2 Å². The van der Waals surface area contributed by atoms with Gasteiger partial charge in [-0.3, -0.25) is 5.10 Å². The van der Waals surface area contributed by atoms with Gasteiger partial charge in [-0.05, 0) is 19.1 Å². The van der Waals surface area contributed by atoms with Gasteiger partial charge in [-0.15, -0.1) is 0 Å². The first-order valence-corrected chi connectivity index (χ1v) is 5.44. The van der Waals surface area contributed by atoms with E-state index in [0.29, 0.717) is 17.0 Å². The Balaban J connectivity index is 2.64. The molecule has 0 atom stereocenters. The van der Waals surface area contributed by atoms with E-state index in [9.17, 15) is 4.39 Å². The summed E-state index contributed by atoms with van der Waals surface area (Å²) >= 11 is 5.82. The smallest absolute Gasteiger partial charge is 0.165 e. The SMILES string of the molecule is COc1cc(-c2[nH]nc(C#N)c2C)c(F)cc1Cl. The number of aromatic nitrogens is 2. The van der Waals surface area contributed by atoms with Crippen molar-refractivity contribution < 1.29 is 9.13 Å². The molecule has 0 amide bonds. The first-order chi connectivity index (χ1) is 8.58. The number of methoxy groups -OCH3 is 1. The maximum absolute atomic E-state index is 13.9. The fourth-order valence-corrected chi connectivity index (χ4v) is 1.87. The molecule has 0 radical (unpaired) electrons. The van der Waals surface area contributed by atoms with Gasteiger partial charge in [-0.1, -0.05) is 11.6 Å². The minimum atomic E-state index is -0.503. The summed E-state index contributed by atoms with van der Waals surface area (Å²) in [5.74, 6) is -0.141. The van der Waals surface area contributed by atoms with Crippen LogP contribution in [0.2, 0.25) is 5.02 Å². The quantitative estimate of drug-likeness (QED) is 0.908. The Hall–Kier alpha value is -2.06. The summed E-state index contributed by atoms with van der Waals surface area (Å²) in [5, 5.41) is 15.5. The maximum Gasteiger partial charge on any atom is 0.165 e. The standard InChI is InChI=1S/C12H9ClFN3O/c1-6-10(5-15)16-17-12(6)7-3-11(18-2)8(13)4-9(7)14/h3-4H,1-2H3,(H,16,17). The van der Waals surface area contributed by atoms with Crippen molar-refractivity contribution in [2.75, 3.05) is 7.11 Å². The molecule has 0 aliphatic rings. The number of ether oxygens (including phenoxy) is 1. The van der Waals surface area contributed by atoms with Crippen molar-refractivity contribution >= 4 is 11.6 Å². The Morgan fingerprint density at radius 3 is 2.78 bits per heavy atom. The summed E-state index contributed by atoms with van der Waals surface area (Å²) in [7, 11) is 1.45. The molecule has 1 aromatic heterocycles. The highest BCUT2D eigenvalue weighted by Gasteiger charge is 2.16. The molecule has 2 rings (SSSR count). The molecule has 18 heavy (non-hydrogen) atoms. The largest absolute Gasteiger partial charge is 0.495 e. The van der Waals surface area contributed by atoms with Crippen molar-refractivity contribution in [3.05, 3.63) is 34.2 Å². The summed E-state index contributed by atoms with van der Waals surface area (Å²) in [6.07, 6.45) is 0. The molecule has 1 heterocycles. The van der Waals surface area contributed by atoms with Crippen LogP contribution in [0.15, 0.2) is 12.1 Å². The number of benzene rings is 1. The van der Waals surface area contributed by atoms with Crippen molar-refractivity contribution in [2.45, 2.75) is 6.92 Å². The van der Waals surface area contributed by atoms with Gasteiger partial charge in [0.25, 0.3) is 0 Å². The van der Waals surface area contributed by atoms with Gasteiger partial charge >= 0.3 is 0 Å². The average Bonchev–Trinajstić information content (AvgIpc) is 2.71. The molecule has 0 fully saturated rings. The van der Waals surface area contributed by atoms with Crippen LogP contribution in [0.25, 0.3) is 11.3 Å². The van der Waals surface area contributed by atoms with Gasteiger partial charge in [-0.2, -0.15) is 10.4 Å². The van der Waals surface area contributed by atoms with E-state index in [4.69, 9.17) is 21.6 Å². The molecule has 1 N–H and O–H groups in total. The highest BCUT2D eigenvalue weighted by atomic mass is 35.5. The van der Waals surface area contributed by atoms with E-state index in [1.807, 2.05) is 6.07 Å². The second-order valence-corrected chi connectivity index (χ2v) is 4.06. The summed E-state index contributed by atoms with van der Waals surface area (Å²) in [4.78, 5) is 0. The second-order valence-electron chi connectivity index (χ2n) is 3.65. The Morgan fingerprint density at radius 1 is 1.50 bits per heavy atom. The highest BCUT2D eigenvalue weighted by molar-refractivity contribution is 6.32. The Bertz CT molecular complexity index is 646. The van der Waals surface area contributed by atoms with Gasteiger partial charge in [0.2, 0.25) is 0 Å². The molecule has 0 saturated carbocycles. The summed E-state index contributed by atoms with van der Waals surface area (Å²) in [6, 6.07) is 4.56. The van der Waals surface area contributed by atoms with Crippen molar-refractivity contribution in [3.63, 3.8) is 0 Å². The number of halogens is 2. The number of hydrogen-bond donors (Lipinski definition) is 1. The summed E-state index contributed by atoms with van der Waals surface area (Å²) in [5.41, 5.74) is 1.53. The van der Waals surface area contributed by atoms with Gasteiger partial charge in [-0.25, -0.2) is 4.39 Å². The fourth-order valence-electron chi connectivity index (χ4n) is 1.65. The van der Waals surface area contributed by atoms with E-state index in [1.54, 1.807) is 6.92 Å². The summed E-state index contributed by atoms with van der Waals surface area (Å²) in [6.45, 7) is 1.69. The van der Waals surface area contributed by atoms with Crippen LogP contribution < -0.4 is 4.74 Å².